The Hall–Kier alpha value is -0.330. The van der Waals surface area contributed by atoms with Gasteiger partial charge in [0.2, 0.25) is 0 Å². The van der Waals surface area contributed by atoms with E-state index >= 15 is 0 Å². The molecule has 0 saturated heterocycles. The van der Waals surface area contributed by atoms with E-state index in [1.54, 1.807) is 0 Å². The van der Waals surface area contributed by atoms with Crippen molar-refractivity contribution in [2.24, 2.45) is 16.8 Å². The number of hydrogen-bond donors (Lipinski definition) is 0. The second-order valence-corrected chi connectivity index (χ2v) is 3.71. The highest BCUT2D eigenvalue weighted by Gasteiger charge is 2.10. The van der Waals surface area contributed by atoms with Gasteiger partial charge in [-0.2, -0.15) is 0 Å². The molecule has 1 unspecified atom stereocenters. The first-order valence-corrected chi connectivity index (χ1v) is 4.83. The van der Waals surface area contributed by atoms with E-state index in [9.17, 15) is 0 Å². The van der Waals surface area contributed by atoms with Crippen molar-refractivity contribution < 1.29 is 0 Å². The van der Waals surface area contributed by atoms with Crippen LogP contribution in [0.3, 0.4) is 0 Å². The van der Waals surface area contributed by atoms with Crippen molar-refractivity contribution >= 4 is 6.21 Å². The predicted molar refractivity (Wildman–Crippen MR) is 50.2 cm³/mol. The van der Waals surface area contributed by atoms with Crippen LogP contribution in [0.1, 0.15) is 39.5 Å². The molecule has 0 saturated carbocycles. The van der Waals surface area contributed by atoms with Gasteiger partial charge in [0, 0.05) is 12.8 Å². The summed E-state index contributed by atoms with van der Waals surface area (Å²) in [5, 5.41) is 0. The minimum absolute atomic E-state index is 0.755. The Labute approximate surface area is 69.9 Å². The Balaban J connectivity index is 2.43. The lowest BCUT2D eigenvalue weighted by Gasteiger charge is -2.18. The van der Waals surface area contributed by atoms with Crippen molar-refractivity contribution in [3.63, 3.8) is 0 Å². The van der Waals surface area contributed by atoms with E-state index in [0.717, 1.165) is 18.4 Å². The number of rotatable bonds is 1. The largest absolute Gasteiger partial charge is 0.297 e. The highest BCUT2D eigenvalue weighted by molar-refractivity contribution is 5.60. The van der Waals surface area contributed by atoms with Gasteiger partial charge in [0.1, 0.15) is 0 Å². The molecule has 0 bridgehead atoms. The van der Waals surface area contributed by atoms with Gasteiger partial charge in [-0.25, -0.2) is 0 Å². The van der Waals surface area contributed by atoms with Crippen LogP contribution in [0.5, 0.6) is 0 Å². The van der Waals surface area contributed by atoms with E-state index in [1.807, 2.05) is 0 Å². The van der Waals surface area contributed by atoms with Gasteiger partial charge in [-0.15, -0.1) is 0 Å². The quantitative estimate of drug-likeness (QED) is 0.549. The monoisotopic (exact) mass is 153 g/mol. The lowest BCUT2D eigenvalue weighted by atomic mass is 9.90. The summed E-state index contributed by atoms with van der Waals surface area (Å²) < 4.78 is 0. The molecule has 0 amide bonds. The molecule has 1 heteroatoms. The van der Waals surface area contributed by atoms with E-state index in [2.05, 4.69) is 25.1 Å². The van der Waals surface area contributed by atoms with E-state index < -0.39 is 0 Å². The van der Waals surface area contributed by atoms with Crippen LogP contribution in [0.25, 0.3) is 0 Å². The van der Waals surface area contributed by atoms with E-state index in [0.29, 0.717) is 0 Å². The zero-order chi connectivity index (χ0) is 8.10. The Kier molecular flexibility index (Phi) is 3.61. The van der Waals surface area contributed by atoms with Gasteiger partial charge in [0.05, 0.1) is 0 Å². The first-order valence-electron chi connectivity index (χ1n) is 4.83. The normalized spacial score (nSPS) is 32.9. The molecular weight excluding hydrogens is 134 g/mol. The van der Waals surface area contributed by atoms with Gasteiger partial charge in [-0.05, 0) is 37.5 Å². The SMILES string of the molecule is CCC1C=NCCC[C@H](C)C1. The maximum Gasteiger partial charge on any atom is 0.0385 e. The summed E-state index contributed by atoms with van der Waals surface area (Å²) in [5.74, 6) is 1.66. The third-order valence-electron chi connectivity index (χ3n) is 2.53. The molecule has 0 radical (unpaired) electrons. The van der Waals surface area contributed by atoms with E-state index in [-0.39, 0.29) is 0 Å². The van der Waals surface area contributed by atoms with Crippen LogP contribution in [-0.2, 0) is 0 Å². The summed E-state index contributed by atoms with van der Waals surface area (Å²) in [6.07, 6.45) is 7.44. The molecule has 0 aromatic rings. The molecule has 64 valence electrons. The van der Waals surface area contributed by atoms with Crippen LogP contribution in [0, 0.1) is 11.8 Å². The van der Waals surface area contributed by atoms with Crippen LogP contribution < -0.4 is 0 Å². The van der Waals surface area contributed by atoms with Gasteiger partial charge in [-0.1, -0.05) is 13.8 Å². The number of nitrogens with zero attached hydrogens (tertiary/aromatic N) is 1. The summed E-state index contributed by atoms with van der Waals surface area (Å²) >= 11 is 0. The molecule has 1 heterocycles. The first kappa shape index (κ1) is 8.76. The summed E-state index contributed by atoms with van der Waals surface area (Å²) in [4.78, 5) is 4.39. The third kappa shape index (κ3) is 3.04. The molecule has 0 aromatic heterocycles. The lowest BCUT2D eigenvalue weighted by Crippen LogP contribution is -2.10. The number of hydrogen-bond acceptors (Lipinski definition) is 1. The average Bonchev–Trinajstić information content (AvgIpc) is 1.96. The molecule has 2 atom stereocenters. The summed E-state index contributed by atoms with van der Waals surface area (Å²) in [6.45, 7) is 5.67. The van der Waals surface area contributed by atoms with Gasteiger partial charge < -0.3 is 0 Å². The molecule has 0 fully saturated rings. The molecule has 0 aliphatic carbocycles. The van der Waals surface area contributed by atoms with E-state index in [4.69, 9.17) is 0 Å². The summed E-state index contributed by atoms with van der Waals surface area (Å²) in [6, 6.07) is 0. The second-order valence-electron chi connectivity index (χ2n) is 3.71. The molecule has 1 aliphatic rings. The molecule has 0 N–H and O–H groups in total. The molecule has 1 aliphatic heterocycles. The van der Waals surface area contributed by atoms with Crippen molar-refractivity contribution in [1.29, 1.82) is 0 Å². The number of aliphatic imine (C=N–C) groups is 1. The molecule has 0 aromatic carbocycles. The van der Waals surface area contributed by atoms with Crippen molar-refractivity contribution in [3.8, 4) is 0 Å². The summed E-state index contributed by atoms with van der Waals surface area (Å²) in [5.41, 5.74) is 0. The van der Waals surface area contributed by atoms with Gasteiger partial charge in [-0.3, -0.25) is 4.99 Å². The average molecular weight is 153 g/mol. The van der Waals surface area contributed by atoms with Crippen LogP contribution in [0.4, 0.5) is 0 Å². The van der Waals surface area contributed by atoms with Crippen molar-refractivity contribution in [1.82, 2.24) is 0 Å². The predicted octanol–water partition coefficient (Wildman–Crippen LogP) is 2.90. The molecule has 0 spiro atoms. The van der Waals surface area contributed by atoms with Crippen LogP contribution in [-0.4, -0.2) is 12.8 Å². The standard InChI is InChI=1S/C10H19N/c1-3-10-7-9(2)5-4-6-11-8-10/h8-10H,3-7H2,1-2H3/t9-,10?/m0/s1. The Morgan fingerprint density at radius 1 is 1.55 bits per heavy atom. The summed E-state index contributed by atoms with van der Waals surface area (Å²) in [7, 11) is 0. The van der Waals surface area contributed by atoms with Crippen LogP contribution in [0.15, 0.2) is 4.99 Å². The minimum Gasteiger partial charge on any atom is -0.297 e. The van der Waals surface area contributed by atoms with Gasteiger partial charge in [0.15, 0.2) is 0 Å². The fourth-order valence-electron chi connectivity index (χ4n) is 1.72. The van der Waals surface area contributed by atoms with Gasteiger partial charge in [0.25, 0.3) is 0 Å². The van der Waals surface area contributed by atoms with Crippen molar-refractivity contribution in [2.75, 3.05) is 6.54 Å². The topological polar surface area (TPSA) is 12.4 Å². The Morgan fingerprint density at radius 3 is 3.09 bits per heavy atom. The zero-order valence-corrected chi connectivity index (χ0v) is 7.71. The fraction of sp³-hybridized carbons (Fsp3) is 0.900. The molecule has 11 heavy (non-hydrogen) atoms. The smallest absolute Gasteiger partial charge is 0.0385 e. The fourth-order valence-corrected chi connectivity index (χ4v) is 1.72. The maximum absolute atomic E-state index is 4.39. The van der Waals surface area contributed by atoms with Crippen LogP contribution in [0.2, 0.25) is 0 Å². The molecule has 1 rings (SSSR count). The van der Waals surface area contributed by atoms with Gasteiger partial charge >= 0.3 is 0 Å². The highest BCUT2D eigenvalue weighted by Crippen LogP contribution is 2.19. The maximum atomic E-state index is 4.39. The van der Waals surface area contributed by atoms with Crippen molar-refractivity contribution in [2.45, 2.75) is 39.5 Å². The van der Waals surface area contributed by atoms with E-state index in [1.165, 1.54) is 25.7 Å². The first-order chi connectivity index (χ1) is 5.33. The van der Waals surface area contributed by atoms with Crippen molar-refractivity contribution in [3.05, 3.63) is 0 Å². The third-order valence-corrected chi connectivity index (χ3v) is 2.53. The Bertz CT molecular complexity index is 129. The molecule has 1 nitrogen and oxygen atoms in total. The second kappa shape index (κ2) is 4.53. The zero-order valence-electron chi connectivity index (χ0n) is 7.71. The molecular formula is C10H19N. The Morgan fingerprint density at radius 2 is 2.36 bits per heavy atom. The lowest BCUT2D eigenvalue weighted by molar-refractivity contribution is 0.416. The van der Waals surface area contributed by atoms with Crippen LogP contribution >= 0.6 is 0 Å². The minimum atomic E-state index is 0.755. The highest BCUT2D eigenvalue weighted by atomic mass is 14.7.